The largest absolute Gasteiger partial charge is 0.481 e. The van der Waals surface area contributed by atoms with Crippen molar-refractivity contribution in [2.45, 2.75) is 120 Å². The average Bonchev–Trinajstić information content (AvgIpc) is 3.72. The van der Waals surface area contributed by atoms with Gasteiger partial charge in [-0.1, -0.05) is 74.5 Å². The molecule has 0 radical (unpaired) electrons. The lowest BCUT2D eigenvalue weighted by molar-refractivity contribution is -0.143. The van der Waals surface area contributed by atoms with Gasteiger partial charge in [0.15, 0.2) is 0 Å². The van der Waals surface area contributed by atoms with Gasteiger partial charge in [-0.2, -0.15) is 23.5 Å². The molecule has 0 fully saturated rings. The first-order valence-electron chi connectivity index (χ1n) is 26.7. The van der Waals surface area contributed by atoms with Crippen LogP contribution < -0.4 is 54.0 Å². The number of hydrogen-bond acceptors (Lipinski definition) is 17. The van der Waals surface area contributed by atoms with Crippen LogP contribution in [-0.2, 0) is 76.8 Å². The third-order valence-corrected chi connectivity index (χ3v) is 14.0. The normalized spacial score (nSPS) is 14.2. The van der Waals surface area contributed by atoms with Crippen LogP contribution in [0.5, 0.6) is 0 Å². The van der Waals surface area contributed by atoms with Crippen LogP contribution in [-0.4, -0.2) is 200 Å². The summed E-state index contributed by atoms with van der Waals surface area (Å²) in [6, 6.07) is 3.51. The molecule has 28 nitrogen and oxygen atoms in total. The van der Waals surface area contributed by atoms with Gasteiger partial charge in [0.05, 0.1) is 38.4 Å². The second-order valence-corrected chi connectivity index (χ2v) is 21.9. The number of carbonyl (C=O) groups excluding carboxylic acids is 10. The smallest absolute Gasteiger partial charge is 0.305 e. The molecule has 3 aromatic rings. The number of benzene rings is 2. The lowest BCUT2D eigenvalue weighted by atomic mass is 10.0. The lowest BCUT2D eigenvalue weighted by Gasteiger charge is -2.32. The van der Waals surface area contributed by atoms with Gasteiger partial charge in [-0.25, -0.2) is 4.98 Å². The molecule has 1 heterocycles. The SMILES string of the molecule is CSCC[C@H](NC(=O)[C@H](CC(C)C)NC(=O)CNC(=O)[C@H](Cc1ccccc1)N(C)C(=O)[C@H](Cc1ccccc1)NC(=O)[C@H](CO)NC(=O)[C@H](CC(=O)O)NC(=O)[C@H](Cc1cnc[nH]1)NC(=O)[C@H](CCSC)NC(=O)[C@@H](N)CC(=O)O)C(N)=O. The maximum atomic E-state index is 14.8. The number of nitrogens with one attached hydrogen (secondary N) is 9. The zero-order valence-electron chi connectivity index (χ0n) is 47.3. The molecule has 9 atom stereocenters. The summed E-state index contributed by atoms with van der Waals surface area (Å²) < 4.78 is 0. The Labute approximate surface area is 494 Å². The Morgan fingerprint density at radius 2 is 1.08 bits per heavy atom. The van der Waals surface area contributed by atoms with E-state index in [0.717, 1.165) is 4.90 Å². The molecule has 0 bridgehead atoms. The van der Waals surface area contributed by atoms with E-state index in [9.17, 15) is 67.7 Å². The Kier molecular flexibility index (Phi) is 30.5. The van der Waals surface area contributed by atoms with Gasteiger partial charge >= 0.3 is 11.9 Å². The quantitative estimate of drug-likeness (QED) is 0.0273. The second kappa shape index (κ2) is 36.5. The number of aliphatic hydroxyl groups is 1. The Morgan fingerprint density at radius 1 is 0.595 bits per heavy atom. The summed E-state index contributed by atoms with van der Waals surface area (Å²) in [6.07, 6.45) is 4.06. The second-order valence-electron chi connectivity index (χ2n) is 19.9. The summed E-state index contributed by atoms with van der Waals surface area (Å²) in [5.41, 5.74) is 12.6. The van der Waals surface area contributed by atoms with Gasteiger partial charge in [0, 0.05) is 38.2 Å². The van der Waals surface area contributed by atoms with Gasteiger partial charge in [0.2, 0.25) is 59.1 Å². The molecule has 1 aromatic heterocycles. The number of nitrogens with two attached hydrogens (primary N) is 2. The minimum Gasteiger partial charge on any atom is -0.481 e. The van der Waals surface area contributed by atoms with Crippen molar-refractivity contribution in [3.8, 4) is 0 Å². The van der Waals surface area contributed by atoms with Crippen LogP contribution >= 0.6 is 23.5 Å². The number of carboxylic acids is 2. The summed E-state index contributed by atoms with van der Waals surface area (Å²) in [4.78, 5) is 168. The molecule has 0 unspecified atom stereocenters. The van der Waals surface area contributed by atoms with Crippen molar-refractivity contribution in [3.05, 3.63) is 90.0 Å². The van der Waals surface area contributed by atoms with Crippen molar-refractivity contribution in [1.82, 2.24) is 57.4 Å². The predicted octanol–water partition coefficient (Wildman–Crippen LogP) is -2.92. The van der Waals surface area contributed by atoms with E-state index in [1.54, 1.807) is 66.9 Å². The van der Waals surface area contributed by atoms with Crippen LogP contribution in [0, 0.1) is 5.92 Å². The highest BCUT2D eigenvalue weighted by molar-refractivity contribution is 7.98. The topological polar surface area (TPSA) is 446 Å². The molecule has 460 valence electrons. The number of H-pyrrole nitrogens is 1. The Hall–Kier alpha value is -8.09. The third-order valence-electron chi connectivity index (χ3n) is 12.8. The average molecular weight is 1210 g/mol. The molecule has 30 heteroatoms. The van der Waals surface area contributed by atoms with E-state index < -0.39 is 151 Å². The molecule has 10 amide bonds. The number of nitrogens with zero attached hydrogens (tertiary/aromatic N) is 2. The number of aromatic nitrogens is 2. The maximum absolute atomic E-state index is 14.8. The van der Waals surface area contributed by atoms with Crippen molar-refractivity contribution < 1.29 is 72.9 Å². The van der Waals surface area contributed by atoms with E-state index in [2.05, 4.69) is 52.5 Å². The number of rotatable bonds is 38. The molecule has 0 spiro atoms. The lowest BCUT2D eigenvalue weighted by Crippen LogP contribution is -2.61. The van der Waals surface area contributed by atoms with Crippen molar-refractivity contribution in [2.24, 2.45) is 17.4 Å². The van der Waals surface area contributed by atoms with Gasteiger partial charge in [-0.3, -0.25) is 57.5 Å². The molecule has 0 aliphatic rings. The molecule has 0 saturated carbocycles. The number of amides is 10. The van der Waals surface area contributed by atoms with Gasteiger partial charge in [0.1, 0.15) is 48.3 Å². The molecule has 0 saturated heterocycles. The van der Waals surface area contributed by atoms with E-state index in [-0.39, 0.29) is 50.1 Å². The molecule has 0 aliphatic heterocycles. The van der Waals surface area contributed by atoms with Gasteiger partial charge in [0.25, 0.3) is 0 Å². The van der Waals surface area contributed by atoms with Gasteiger partial charge in [-0.15, -0.1) is 0 Å². The minimum atomic E-state index is -1.98. The van der Waals surface area contributed by atoms with E-state index >= 15 is 0 Å². The molecule has 3 rings (SSSR count). The molecular weight excluding hydrogens is 1130 g/mol. The van der Waals surface area contributed by atoms with Crippen LogP contribution in [0.2, 0.25) is 0 Å². The number of likely N-dealkylation sites (N-methyl/N-ethyl adjacent to an activating group) is 1. The van der Waals surface area contributed by atoms with E-state index in [1.807, 2.05) is 20.1 Å². The number of imidazole rings is 1. The van der Waals surface area contributed by atoms with Crippen molar-refractivity contribution in [3.63, 3.8) is 0 Å². The Bertz CT molecular complexity index is 2690. The number of aliphatic hydroxyl groups excluding tert-OH is 1. The fraction of sp³-hybridized carbons (Fsp3) is 0.500. The molecule has 84 heavy (non-hydrogen) atoms. The fourth-order valence-corrected chi connectivity index (χ4v) is 9.22. The van der Waals surface area contributed by atoms with E-state index in [1.165, 1.54) is 43.1 Å². The summed E-state index contributed by atoms with van der Waals surface area (Å²) in [5, 5.41) is 49.2. The highest BCUT2D eigenvalue weighted by Gasteiger charge is 2.37. The summed E-state index contributed by atoms with van der Waals surface area (Å²) in [7, 11) is 1.29. The molecule has 2 aromatic carbocycles. The van der Waals surface area contributed by atoms with Crippen LogP contribution in [0.3, 0.4) is 0 Å². The van der Waals surface area contributed by atoms with Gasteiger partial charge in [-0.05, 0) is 60.3 Å². The van der Waals surface area contributed by atoms with Crippen molar-refractivity contribution >= 4 is 94.5 Å². The minimum absolute atomic E-state index is 0.00550. The third kappa shape index (κ3) is 24.8. The highest BCUT2D eigenvalue weighted by Crippen LogP contribution is 2.15. The fourth-order valence-electron chi connectivity index (χ4n) is 8.28. The summed E-state index contributed by atoms with van der Waals surface area (Å²) >= 11 is 2.75. The zero-order valence-corrected chi connectivity index (χ0v) is 48.9. The monoisotopic (exact) mass is 1210 g/mol. The van der Waals surface area contributed by atoms with Crippen molar-refractivity contribution in [1.29, 1.82) is 0 Å². The standard InChI is InChI=1S/C54H77N13O15S2/c1-30(2)20-37(49(77)61-35(46(56)74)16-18-83-4)60-43(69)27-58-53(81)42(22-32-14-10-7-11-15-32)67(3)54(82)40(21-31-12-8-6-9-13-31)65-52(80)41(28-68)66-51(79)39(25-45(72)73)64-50(78)38(23-33-26-57-29-59-33)63-48(76)36(17-19-84-5)62-47(75)34(55)24-44(70)71/h6-15,26,29-30,34-42,68H,16-25,27-28,55H2,1-5H3,(H2,56,74)(H,57,59)(H,58,81)(H,60,69)(H,61,77)(H,62,75)(H,63,76)(H,64,78)(H,65,80)(H,66,79)(H,70,71)(H,72,73)/t34-,35-,36-,37-,38-,39-,40-,41-,42-/m0/s1. The van der Waals surface area contributed by atoms with Gasteiger partial charge < -0.3 is 79.2 Å². The number of carbonyl (C=O) groups is 12. The Morgan fingerprint density at radius 3 is 1.62 bits per heavy atom. The van der Waals surface area contributed by atoms with Crippen LogP contribution in [0.4, 0.5) is 0 Å². The number of hydrogen-bond donors (Lipinski definition) is 14. The first-order valence-corrected chi connectivity index (χ1v) is 29.4. The first kappa shape index (κ1) is 70.2. The summed E-state index contributed by atoms with van der Waals surface area (Å²) in [6.45, 7) is 1.85. The van der Waals surface area contributed by atoms with E-state index in [0.29, 0.717) is 22.6 Å². The number of carboxylic acid groups (broad SMARTS) is 2. The number of primary amides is 1. The Balaban J connectivity index is 1.90. The zero-order chi connectivity index (χ0) is 62.5. The molecule has 16 N–H and O–H groups in total. The van der Waals surface area contributed by atoms with Crippen LogP contribution in [0.25, 0.3) is 0 Å². The highest BCUT2D eigenvalue weighted by atomic mass is 32.2. The predicted molar refractivity (Wildman–Crippen MR) is 310 cm³/mol. The van der Waals surface area contributed by atoms with Crippen molar-refractivity contribution in [2.75, 3.05) is 44.2 Å². The summed E-state index contributed by atoms with van der Waals surface area (Å²) in [5.74, 6) is -11.6. The van der Waals surface area contributed by atoms with E-state index in [4.69, 9.17) is 16.6 Å². The van der Waals surface area contributed by atoms with Crippen LogP contribution in [0.1, 0.15) is 62.8 Å². The maximum Gasteiger partial charge on any atom is 0.305 e. The number of aromatic amines is 1. The number of aliphatic carboxylic acids is 2. The first-order chi connectivity index (χ1) is 39.9. The van der Waals surface area contributed by atoms with Crippen LogP contribution in [0.15, 0.2) is 73.2 Å². The number of thioether (sulfide) groups is 2. The molecular formula is C54H77N13O15S2. The molecule has 0 aliphatic carbocycles.